The topological polar surface area (TPSA) is 48.5 Å². The quantitative estimate of drug-likeness (QED) is 0.186. The van der Waals surface area contributed by atoms with Crippen LogP contribution >= 0.6 is 0 Å². The van der Waals surface area contributed by atoms with Gasteiger partial charge < -0.3 is 4.57 Å². The summed E-state index contributed by atoms with van der Waals surface area (Å²) in [4.78, 5) is 15.1. The van der Waals surface area contributed by atoms with Gasteiger partial charge in [-0.3, -0.25) is 4.57 Å². The first kappa shape index (κ1) is 29.1. The van der Waals surface area contributed by atoms with Gasteiger partial charge in [0.05, 0.1) is 22.1 Å². The zero-order chi connectivity index (χ0) is 33.9. The van der Waals surface area contributed by atoms with E-state index in [1.54, 1.807) is 0 Å². The molecule has 0 radical (unpaired) electrons. The molecule has 0 aliphatic rings. The molecule has 240 valence electrons. The molecule has 0 unspecified atom stereocenters. The lowest BCUT2D eigenvalue weighted by atomic mass is 10.0. The smallest absolute Gasteiger partial charge is 0.238 e. The fourth-order valence-electron chi connectivity index (χ4n) is 7.39. The van der Waals surface area contributed by atoms with Crippen molar-refractivity contribution >= 4 is 43.6 Å². The molecule has 10 aromatic rings. The average Bonchev–Trinajstić information content (AvgIpc) is 3.71. The molecule has 10 rings (SSSR count). The summed E-state index contributed by atoms with van der Waals surface area (Å²) in [5.41, 5.74) is 11.1. The molecule has 5 heteroatoms. The molecule has 51 heavy (non-hydrogen) atoms. The molecule has 0 aliphatic carbocycles. The molecule has 0 spiro atoms. The van der Waals surface area contributed by atoms with Crippen molar-refractivity contribution in [2.45, 2.75) is 6.92 Å². The van der Waals surface area contributed by atoms with E-state index in [1.165, 1.54) is 32.9 Å². The number of hydrogen-bond acceptors (Lipinski definition) is 3. The van der Waals surface area contributed by atoms with Crippen LogP contribution in [0, 0.1) is 6.92 Å². The van der Waals surface area contributed by atoms with Gasteiger partial charge in [0, 0.05) is 38.4 Å². The zero-order valence-electron chi connectivity index (χ0n) is 27.9. The van der Waals surface area contributed by atoms with Crippen LogP contribution in [0.1, 0.15) is 5.56 Å². The van der Waals surface area contributed by atoms with E-state index in [9.17, 15) is 0 Å². The summed E-state index contributed by atoms with van der Waals surface area (Å²) in [6, 6.07) is 59.8. The molecule has 0 saturated heterocycles. The summed E-state index contributed by atoms with van der Waals surface area (Å²) >= 11 is 0. The van der Waals surface area contributed by atoms with Gasteiger partial charge in [-0.1, -0.05) is 127 Å². The number of aromatic nitrogens is 5. The van der Waals surface area contributed by atoms with Crippen LogP contribution in [0.15, 0.2) is 170 Å². The highest BCUT2D eigenvalue weighted by Crippen LogP contribution is 2.38. The van der Waals surface area contributed by atoms with E-state index in [0.717, 1.165) is 44.2 Å². The Balaban J connectivity index is 1.16. The Morgan fingerprint density at radius 3 is 1.35 bits per heavy atom. The third kappa shape index (κ3) is 4.82. The van der Waals surface area contributed by atoms with Gasteiger partial charge in [-0.25, -0.2) is 4.98 Å². The predicted octanol–water partition coefficient (Wildman–Crippen LogP) is 11.4. The van der Waals surface area contributed by atoms with Crippen LogP contribution in [0.3, 0.4) is 0 Å². The molecule has 3 aromatic heterocycles. The fraction of sp³-hybridized carbons (Fsp3) is 0.0217. The van der Waals surface area contributed by atoms with Crippen LogP contribution in [0.2, 0.25) is 0 Å². The molecule has 0 aliphatic heterocycles. The second kappa shape index (κ2) is 11.6. The van der Waals surface area contributed by atoms with Gasteiger partial charge in [-0.15, -0.1) is 0 Å². The largest absolute Gasteiger partial charge is 0.309 e. The van der Waals surface area contributed by atoms with Gasteiger partial charge >= 0.3 is 0 Å². The Hall–Kier alpha value is -6.85. The molecular weight excluding hydrogens is 623 g/mol. The molecule has 0 atom stereocenters. The number of aryl methyl sites for hydroxylation is 1. The van der Waals surface area contributed by atoms with E-state index in [2.05, 4.69) is 125 Å². The van der Waals surface area contributed by atoms with Crippen molar-refractivity contribution in [3.05, 3.63) is 175 Å². The van der Waals surface area contributed by atoms with Crippen LogP contribution in [-0.2, 0) is 0 Å². The Kier molecular flexibility index (Phi) is 6.64. The van der Waals surface area contributed by atoms with E-state index in [4.69, 9.17) is 15.0 Å². The van der Waals surface area contributed by atoms with Crippen molar-refractivity contribution in [1.29, 1.82) is 0 Å². The highest BCUT2D eigenvalue weighted by molar-refractivity contribution is 6.12. The SMILES string of the molecule is Cc1ccc(-n2c3ccccc3c3cc(-c4ccc5c(c4)c4ccccc4n5-c4nc(-c5ccccc5)nc(-c5ccccc5)n4)ccc32)cc1. The fourth-order valence-corrected chi connectivity index (χ4v) is 7.39. The Morgan fingerprint density at radius 2 is 0.804 bits per heavy atom. The number of rotatable bonds is 5. The lowest BCUT2D eigenvalue weighted by Gasteiger charge is -2.11. The van der Waals surface area contributed by atoms with Crippen molar-refractivity contribution in [2.75, 3.05) is 0 Å². The van der Waals surface area contributed by atoms with Crippen molar-refractivity contribution in [1.82, 2.24) is 24.1 Å². The third-order valence-electron chi connectivity index (χ3n) is 9.86. The summed E-state index contributed by atoms with van der Waals surface area (Å²) in [7, 11) is 0. The lowest BCUT2D eigenvalue weighted by molar-refractivity contribution is 0.953. The normalized spacial score (nSPS) is 11.6. The van der Waals surface area contributed by atoms with Crippen molar-refractivity contribution in [3.63, 3.8) is 0 Å². The zero-order valence-corrected chi connectivity index (χ0v) is 27.9. The van der Waals surface area contributed by atoms with E-state index < -0.39 is 0 Å². The summed E-state index contributed by atoms with van der Waals surface area (Å²) in [5, 5.41) is 4.77. The second-order valence-electron chi connectivity index (χ2n) is 13.0. The number of hydrogen-bond donors (Lipinski definition) is 0. The minimum Gasteiger partial charge on any atom is -0.309 e. The van der Waals surface area contributed by atoms with E-state index in [0.29, 0.717) is 17.6 Å². The molecule has 0 bridgehead atoms. The van der Waals surface area contributed by atoms with Gasteiger partial charge in [-0.05, 0) is 66.6 Å². The summed E-state index contributed by atoms with van der Waals surface area (Å²) < 4.78 is 4.54. The first-order valence-corrected chi connectivity index (χ1v) is 17.2. The van der Waals surface area contributed by atoms with Crippen molar-refractivity contribution in [2.24, 2.45) is 0 Å². The van der Waals surface area contributed by atoms with Gasteiger partial charge in [0.1, 0.15) is 0 Å². The van der Waals surface area contributed by atoms with Gasteiger partial charge in [0.2, 0.25) is 5.95 Å². The van der Waals surface area contributed by atoms with Crippen molar-refractivity contribution in [3.8, 4) is 45.5 Å². The molecule has 3 heterocycles. The minimum atomic E-state index is 0.590. The first-order chi connectivity index (χ1) is 25.2. The molecule has 0 amide bonds. The molecule has 0 saturated carbocycles. The Labute approximate surface area is 294 Å². The highest BCUT2D eigenvalue weighted by Gasteiger charge is 2.19. The Morgan fingerprint density at radius 1 is 0.353 bits per heavy atom. The maximum atomic E-state index is 5.09. The number of benzene rings is 7. The predicted molar refractivity (Wildman–Crippen MR) is 210 cm³/mol. The van der Waals surface area contributed by atoms with E-state index in [-0.39, 0.29) is 0 Å². The highest BCUT2D eigenvalue weighted by atomic mass is 15.2. The molecule has 7 aromatic carbocycles. The molecular formula is C46H31N5. The van der Waals surface area contributed by atoms with Crippen molar-refractivity contribution < 1.29 is 0 Å². The molecule has 5 nitrogen and oxygen atoms in total. The van der Waals surface area contributed by atoms with Gasteiger partial charge in [0.15, 0.2) is 11.6 Å². The third-order valence-corrected chi connectivity index (χ3v) is 9.86. The number of fused-ring (bicyclic) bond motifs is 6. The summed E-state index contributed by atoms with van der Waals surface area (Å²) in [5.74, 6) is 1.87. The monoisotopic (exact) mass is 653 g/mol. The van der Waals surface area contributed by atoms with Crippen LogP contribution < -0.4 is 0 Å². The maximum Gasteiger partial charge on any atom is 0.238 e. The summed E-state index contributed by atoms with van der Waals surface area (Å²) in [6.45, 7) is 2.13. The molecule has 0 fully saturated rings. The van der Waals surface area contributed by atoms with E-state index >= 15 is 0 Å². The molecule has 0 N–H and O–H groups in total. The van der Waals surface area contributed by atoms with Gasteiger partial charge in [0.25, 0.3) is 0 Å². The van der Waals surface area contributed by atoms with Crippen LogP contribution in [-0.4, -0.2) is 24.1 Å². The number of nitrogens with zero attached hydrogens (tertiary/aromatic N) is 5. The second-order valence-corrected chi connectivity index (χ2v) is 13.0. The first-order valence-electron chi connectivity index (χ1n) is 17.2. The van der Waals surface area contributed by atoms with Crippen LogP contribution in [0.25, 0.3) is 89.2 Å². The minimum absolute atomic E-state index is 0.590. The number of para-hydroxylation sites is 2. The van der Waals surface area contributed by atoms with Gasteiger partial charge in [-0.2, -0.15) is 9.97 Å². The van der Waals surface area contributed by atoms with E-state index in [1.807, 2.05) is 60.7 Å². The lowest BCUT2D eigenvalue weighted by Crippen LogP contribution is -2.06. The van der Waals surface area contributed by atoms with Crippen LogP contribution in [0.4, 0.5) is 0 Å². The Bertz CT molecular complexity index is 2850. The maximum absolute atomic E-state index is 5.09. The summed E-state index contributed by atoms with van der Waals surface area (Å²) in [6.07, 6.45) is 0. The average molecular weight is 654 g/mol. The van der Waals surface area contributed by atoms with Crippen LogP contribution in [0.5, 0.6) is 0 Å². The standard InChI is InChI=1S/C46H31N5/c1-30-20-24-35(25-21-30)50-40-18-10-8-16-36(40)38-28-33(22-26-42(38)50)34-23-27-43-39(29-34)37-17-9-11-19-41(37)51(43)46-48-44(31-12-4-2-5-13-31)47-45(49-46)32-14-6-3-7-15-32/h2-29H,1H3.